The molecule has 0 amide bonds. The maximum atomic E-state index is 13.4. The van der Waals surface area contributed by atoms with Crippen LogP contribution in [0.4, 0.5) is 4.39 Å². The van der Waals surface area contributed by atoms with Gasteiger partial charge in [-0.25, -0.2) is 4.39 Å². The van der Waals surface area contributed by atoms with E-state index in [1.54, 1.807) is 12.1 Å². The number of benzene rings is 2. The highest BCUT2D eigenvalue weighted by molar-refractivity contribution is 6.30. The second-order valence-corrected chi connectivity index (χ2v) is 6.19. The third kappa shape index (κ3) is 3.12. The summed E-state index contributed by atoms with van der Waals surface area (Å²) in [6.45, 7) is 3.95. The van der Waals surface area contributed by atoms with Crippen LogP contribution in [0.1, 0.15) is 34.9 Å². The number of rotatable bonds is 2. The fourth-order valence-electron chi connectivity index (χ4n) is 3.35. The number of hydrogen-bond acceptors (Lipinski definition) is 1. The highest BCUT2D eigenvalue weighted by Crippen LogP contribution is 2.39. The van der Waals surface area contributed by atoms with E-state index in [1.807, 2.05) is 25.1 Å². The standard InChI is InChI=1S/C18H19ClFN/c1-12-10-15(20)6-7-16(12)17-8-9-21-11-18(17)13-2-4-14(19)5-3-13/h2-7,10,17-18,21H,8-9,11H2,1H3. The van der Waals surface area contributed by atoms with E-state index < -0.39 is 0 Å². The van der Waals surface area contributed by atoms with Gasteiger partial charge in [-0.3, -0.25) is 0 Å². The molecule has 0 bridgehead atoms. The lowest BCUT2D eigenvalue weighted by Gasteiger charge is -2.34. The van der Waals surface area contributed by atoms with Gasteiger partial charge in [0.2, 0.25) is 0 Å². The van der Waals surface area contributed by atoms with E-state index in [-0.39, 0.29) is 5.82 Å². The molecular weight excluding hydrogens is 285 g/mol. The first kappa shape index (κ1) is 14.6. The number of aryl methyl sites for hydroxylation is 1. The van der Waals surface area contributed by atoms with Crippen molar-refractivity contribution in [1.82, 2.24) is 5.32 Å². The predicted molar refractivity (Wildman–Crippen MR) is 85.6 cm³/mol. The van der Waals surface area contributed by atoms with Crippen molar-refractivity contribution in [3.05, 3.63) is 70.0 Å². The Morgan fingerprint density at radius 3 is 2.57 bits per heavy atom. The minimum absolute atomic E-state index is 0.159. The van der Waals surface area contributed by atoms with Crippen LogP contribution >= 0.6 is 11.6 Å². The summed E-state index contributed by atoms with van der Waals surface area (Å²) in [7, 11) is 0. The van der Waals surface area contributed by atoms with Crippen molar-refractivity contribution >= 4 is 11.6 Å². The molecule has 1 nitrogen and oxygen atoms in total. The zero-order valence-corrected chi connectivity index (χ0v) is 12.8. The molecular formula is C18H19ClFN. The zero-order chi connectivity index (χ0) is 14.8. The third-order valence-corrected chi connectivity index (χ3v) is 4.66. The average Bonchev–Trinajstić information content (AvgIpc) is 2.48. The Hall–Kier alpha value is -1.38. The average molecular weight is 304 g/mol. The van der Waals surface area contributed by atoms with Crippen molar-refractivity contribution in [1.29, 1.82) is 0 Å². The van der Waals surface area contributed by atoms with Crippen LogP contribution in [0, 0.1) is 12.7 Å². The highest BCUT2D eigenvalue weighted by atomic mass is 35.5. The van der Waals surface area contributed by atoms with E-state index >= 15 is 0 Å². The summed E-state index contributed by atoms with van der Waals surface area (Å²) in [5.41, 5.74) is 3.60. The quantitative estimate of drug-likeness (QED) is 0.851. The smallest absolute Gasteiger partial charge is 0.123 e. The summed E-state index contributed by atoms with van der Waals surface area (Å²) < 4.78 is 13.4. The molecule has 2 unspecified atom stereocenters. The van der Waals surface area contributed by atoms with Crippen molar-refractivity contribution < 1.29 is 4.39 Å². The van der Waals surface area contributed by atoms with Crippen molar-refractivity contribution in [2.45, 2.75) is 25.2 Å². The number of halogens is 2. The molecule has 1 fully saturated rings. The van der Waals surface area contributed by atoms with Crippen LogP contribution in [0.3, 0.4) is 0 Å². The van der Waals surface area contributed by atoms with E-state index in [1.165, 1.54) is 11.1 Å². The Labute approximate surface area is 130 Å². The molecule has 1 saturated heterocycles. The van der Waals surface area contributed by atoms with E-state index in [0.29, 0.717) is 11.8 Å². The largest absolute Gasteiger partial charge is 0.316 e. The van der Waals surface area contributed by atoms with Gasteiger partial charge in [-0.15, -0.1) is 0 Å². The first-order valence-corrected chi connectivity index (χ1v) is 7.75. The van der Waals surface area contributed by atoms with Crippen LogP contribution in [0.5, 0.6) is 0 Å². The Morgan fingerprint density at radius 1 is 1.10 bits per heavy atom. The second kappa shape index (κ2) is 6.17. The van der Waals surface area contributed by atoms with Gasteiger partial charge in [-0.2, -0.15) is 0 Å². The molecule has 3 rings (SSSR count). The normalized spacial score (nSPS) is 22.2. The van der Waals surface area contributed by atoms with Crippen LogP contribution in [0.25, 0.3) is 0 Å². The number of piperidine rings is 1. The molecule has 0 radical (unpaired) electrons. The third-order valence-electron chi connectivity index (χ3n) is 4.41. The molecule has 21 heavy (non-hydrogen) atoms. The lowest BCUT2D eigenvalue weighted by molar-refractivity contribution is 0.402. The monoisotopic (exact) mass is 303 g/mol. The zero-order valence-electron chi connectivity index (χ0n) is 12.1. The summed E-state index contributed by atoms with van der Waals surface area (Å²) >= 11 is 5.99. The highest BCUT2D eigenvalue weighted by Gasteiger charge is 2.28. The van der Waals surface area contributed by atoms with Crippen molar-refractivity contribution in [2.24, 2.45) is 0 Å². The first-order chi connectivity index (χ1) is 10.1. The summed E-state index contributed by atoms with van der Waals surface area (Å²) in [5, 5.41) is 4.23. The molecule has 0 aliphatic carbocycles. The van der Waals surface area contributed by atoms with Crippen LogP contribution < -0.4 is 5.32 Å². The van der Waals surface area contributed by atoms with E-state index in [0.717, 1.165) is 30.1 Å². The SMILES string of the molecule is Cc1cc(F)ccc1C1CCNCC1c1ccc(Cl)cc1. The molecule has 0 aromatic heterocycles. The molecule has 1 N–H and O–H groups in total. The molecule has 0 spiro atoms. The van der Waals surface area contributed by atoms with Gasteiger partial charge in [0.1, 0.15) is 5.82 Å². The maximum Gasteiger partial charge on any atom is 0.123 e. The fourth-order valence-corrected chi connectivity index (χ4v) is 3.47. The Morgan fingerprint density at radius 2 is 1.86 bits per heavy atom. The van der Waals surface area contributed by atoms with Gasteiger partial charge in [0.05, 0.1) is 0 Å². The van der Waals surface area contributed by atoms with Crippen molar-refractivity contribution in [2.75, 3.05) is 13.1 Å². The maximum absolute atomic E-state index is 13.4. The molecule has 0 saturated carbocycles. The molecule has 1 aliphatic heterocycles. The lowest BCUT2D eigenvalue weighted by Crippen LogP contribution is -2.34. The molecule has 2 aromatic carbocycles. The van der Waals surface area contributed by atoms with E-state index in [2.05, 4.69) is 17.4 Å². The number of hydrogen-bond donors (Lipinski definition) is 1. The van der Waals surface area contributed by atoms with Gasteiger partial charge in [0, 0.05) is 17.5 Å². The van der Waals surface area contributed by atoms with Gasteiger partial charge >= 0.3 is 0 Å². The van der Waals surface area contributed by atoms with Crippen LogP contribution in [0.2, 0.25) is 5.02 Å². The van der Waals surface area contributed by atoms with Gasteiger partial charge < -0.3 is 5.32 Å². The minimum Gasteiger partial charge on any atom is -0.316 e. The minimum atomic E-state index is -0.159. The van der Waals surface area contributed by atoms with E-state index in [9.17, 15) is 4.39 Å². The van der Waals surface area contributed by atoms with Gasteiger partial charge in [0.25, 0.3) is 0 Å². The summed E-state index contributed by atoms with van der Waals surface area (Å²) in [4.78, 5) is 0. The number of nitrogens with one attached hydrogen (secondary N) is 1. The van der Waals surface area contributed by atoms with Gasteiger partial charge in [-0.05, 0) is 66.8 Å². The van der Waals surface area contributed by atoms with Gasteiger partial charge in [0.15, 0.2) is 0 Å². The van der Waals surface area contributed by atoms with Gasteiger partial charge in [-0.1, -0.05) is 29.8 Å². The van der Waals surface area contributed by atoms with Crippen molar-refractivity contribution in [3.63, 3.8) is 0 Å². The molecule has 3 heteroatoms. The molecule has 2 atom stereocenters. The van der Waals surface area contributed by atoms with Crippen LogP contribution in [0.15, 0.2) is 42.5 Å². The first-order valence-electron chi connectivity index (χ1n) is 7.37. The fraction of sp³-hybridized carbons (Fsp3) is 0.333. The molecule has 1 heterocycles. The second-order valence-electron chi connectivity index (χ2n) is 5.76. The Kier molecular flexibility index (Phi) is 4.27. The molecule has 110 valence electrons. The van der Waals surface area contributed by atoms with Crippen molar-refractivity contribution in [3.8, 4) is 0 Å². The Balaban J connectivity index is 1.96. The Bertz CT molecular complexity index is 624. The van der Waals surface area contributed by atoms with Crippen LogP contribution in [-0.2, 0) is 0 Å². The molecule has 2 aromatic rings. The molecule has 1 aliphatic rings. The van der Waals surface area contributed by atoms with Crippen LogP contribution in [-0.4, -0.2) is 13.1 Å². The summed E-state index contributed by atoms with van der Waals surface area (Å²) in [5.74, 6) is 0.668. The lowest BCUT2D eigenvalue weighted by atomic mass is 9.76. The van der Waals surface area contributed by atoms with E-state index in [4.69, 9.17) is 11.6 Å². The summed E-state index contributed by atoms with van der Waals surface area (Å²) in [6, 6.07) is 13.3. The topological polar surface area (TPSA) is 12.0 Å². The predicted octanol–water partition coefficient (Wildman–Crippen LogP) is 4.65. The summed E-state index contributed by atoms with van der Waals surface area (Å²) in [6.07, 6.45) is 1.07.